The fourth-order valence-corrected chi connectivity index (χ4v) is 2.60. The topological polar surface area (TPSA) is 115 Å². The molecule has 4 rings (SSSR count). The summed E-state index contributed by atoms with van der Waals surface area (Å²) in [5, 5.41) is 10.7. The van der Waals surface area contributed by atoms with Crippen molar-refractivity contribution in [2.75, 3.05) is 0 Å². The summed E-state index contributed by atoms with van der Waals surface area (Å²) in [5.74, 6) is 1.48. The van der Waals surface area contributed by atoms with E-state index in [2.05, 4.69) is 30.5 Å². The normalized spacial score (nSPS) is 11.1. The summed E-state index contributed by atoms with van der Waals surface area (Å²) in [5.41, 5.74) is 2.63. The fraction of sp³-hybridized carbons (Fsp3) is 0.235. The van der Waals surface area contributed by atoms with Crippen LogP contribution >= 0.6 is 0 Å². The van der Waals surface area contributed by atoms with E-state index in [1.165, 1.54) is 0 Å². The molecular weight excluding hydrogens is 334 g/mol. The second-order valence-corrected chi connectivity index (χ2v) is 5.89. The van der Waals surface area contributed by atoms with E-state index >= 15 is 0 Å². The minimum atomic E-state index is -0.105. The molecular formula is C17H17N7O2. The van der Waals surface area contributed by atoms with Crippen molar-refractivity contribution in [3.63, 3.8) is 0 Å². The van der Waals surface area contributed by atoms with Crippen molar-refractivity contribution in [3.8, 4) is 11.4 Å². The first kappa shape index (κ1) is 16.0. The number of benzene rings is 1. The lowest BCUT2D eigenvalue weighted by atomic mass is 10.3. The van der Waals surface area contributed by atoms with Crippen molar-refractivity contribution in [1.29, 1.82) is 0 Å². The van der Waals surface area contributed by atoms with Crippen molar-refractivity contribution in [2.24, 2.45) is 7.05 Å². The Bertz CT molecular complexity index is 1010. The van der Waals surface area contributed by atoms with Gasteiger partial charge in [-0.1, -0.05) is 17.3 Å². The van der Waals surface area contributed by atoms with Crippen molar-refractivity contribution < 1.29 is 9.32 Å². The third-order valence-corrected chi connectivity index (χ3v) is 3.90. The number of aromatic amines is 1. The molecule has 0 saturated carbocycles. The number of imidazole rings is 1. The first-order valence-corrected chi connectivity index (χ1v) is 8.19. The Morgan fingerprint density at radius 2 is 2.19 bits per heavy atom. The number of para-hydroxylation sites is 2. The third-order valence-electron chi connectivity index (χ3n) is 3.90. The number of carbonyl (C=O) groups excluding carboxylic acids is 1. The van der Waals surface area contributed by atoms with Crippen LogP contribution in [0, 0.1) is 0 Å². The van der Waals surface area contributed by atoms with Crippen LogP contribution in [0.25, 0.3) is 22.4 Å². The van der Waals surface area contributed by atoms with E-state index in [-0.39, 0.29) is 12.5 Å². The van der Waals surface area contributed by atoms with Gasteiger partial charge in [0.1, 0.15) is 5.82 Å². The Morgan fingerprint density at radius 1 is 1.31 bits per heavy atom. The number of nitrogens with zero attached hydrogens (tertiary/aromatic N) is 5. The molecule has 132 valence electrons. The van der Waals surface area contributed by atoms with Gasteiger partial charge in [0.05, 0.1) is 29.3 Å². The van der Waals surface area contributed by atoms with E-state index in [1.807, 2.05) is 31.3 Å². The molecule has 0 unspecified atom stereocenters. The lowest BCUT2D eigenvalue weighted by Gasteiger charge is -2.00. The van der Waals surface area contributed by atoms with Crippen LogP contribution in [0.15, 0.2) is 41.2 Å². The van der Waals surface area contributed by atoms with Gasteiger partial charge in [0, 0.05) is 26.1 Å². The number of rotatable bonds is 6. The van der Waals surface area contributed by atoms with Gasteiger partial charge in [-0.2, -0.15) is 10.1 Å². The quantitative estimate of drug-likeness (QED) is 0.545. The second-order valence-electron chi connectivity index (χ2n) is 5.89. The average Bonchev–Trinajstić information content (AvgIpc) is 3.36. The number of aromatic nitrogens is 6. The van der Waals surface area contributed by atoms with Crippen LogP contribution in [0.4, 0.5) is 0 Å². The highest BCUT2D eigenvalue weighted by Crippen LogP contribution is 2.14. The molecule has 4 aromatic rings. The zero-order valence-corrected chi connectivity index (χ0v) is 14.1. The molecule has 0 aliphatic rings. The average molecular weight is 351 g/mol. The number of hydrogen-bond acceptors (Lipinski definition) is 6. The van der Waals surface area contributed by atoms with E-state index in [0.29, 0.717) is 24.6 Å². The largest absolute Gasteiger partial charge is 0.347 e. The molecule has 0 saturated heterocycles. The highest BCUT2D eigenvalue weighted by Gasteiger charge is 2.12. The molecule has 26 heavy (non-hydrogen) atoms. The molecule has 0 atom stereocenters. The summed E-state index contributed by atoms with van der Waals surface area (Å²) in [6, 6.07) is 7.77. The smallest absolute Gasteiger partial charge is 0.246 e. The maximum absolute atomic E-state index is 12.0. The number of amides is 1. The van der Waals surface area contributed by atoms with E-state index in [4.69, 9.17) is 4.52 Å². The Labute approximate surface area is 148 Å². The van der Waals surface area contributed by atoms with E-state index < -0.39 is 0 Å². The summed E-state index contributed by atoms with van der Waals surface area (Å²) in [6.45, 7) is 0.187. The number of carbonyl (C=O) groups is 1. The molecule has 0 fully saturated rings. The lowest BCUT2D eigenvalue weighted by Crippen LogP contribution is -2.23. The predicted octanol–water partition coefficient (Wildman–Crippen LogP) is 1.60. The number of hydrogen-bond donors (Lipinski definition) is 2. The summed E-state index contributed by atoms with van der Waals surface area (Å²) >= 11 is 0. The predicted molar refractivity (Wildman–Crippen MR) is 92.8 cm³/mol. The van der Waals surface area contributed by atoms with Crippen molar-refractivity contribution in [3.05, 3.63) is 48.4 Å². The van der Waals surface area contributed by atoms with Gasteiger partial charge in [0.2, 0.25) is 17.6 Å². The Balaban J connectivity index is 1.29. The monoisotopic (exact) mass is 351 g/mol. The number of nitrogens with one attached hydrogen (secondary N) is 2. The van der Waals surface area contributed by atoms with Crippen LogP contribution < -0.4 is 5.32 Å². The van der Waals surface area contributed by atoms with E-state index in [1.54, 1.807) is 17.1 Å². The van der Waals surface area contributed by atoms with Gasteiger partial charge in [-0.25, -0.2) is 4.98 Å². The molecule has 0 aliphatic heterocycles. The van der Waals surface area contributed by atoms with Gasteiger partial charge in [-0.3, -0.25) is 9.48 Å². The van der Waals surface area contributed by atoms with Gasteiger partial charge in [0.25, 0.3) is 0 Å². The van der Waals surface area contributed by atoms with Gasteiger partial charge in [-0.05, 0) is 12.1 Å². The fourth-order valence-electron chi connectivity index (χ4n) is 2.60. The van der Waals surface area contributed by atoms with Crippen LogP contribution in [-0.4, -0.2) is 35.8 Å². The second kappa shape index (κ2) is 6.79. The van der Waals surface area contributed by atoms with Gasteiger partial charge >= 0.3 is 0 Å². The molecule has 0 radical (unpaired) electrons. The first-order chi connectivity index (χ1) is 12.7. The van der Waals surface area contributed by atoms with Crippen molar-refractivity contribution in [1.82, 2.24) is 35.2 Å². The molecule has 9 nitrogen and oxygen atoms in total. The van der Waals surface area contributed by atoms with E-state index in [9.17, 15) is 4.79 Å². The molecule has 1 amide bonds. The molecule has 2 N–H and O–H groups in total. The lowest BCUT2D eigenvalue weighted by molar-refractivity contribution is -0.121. The minimum absolute atomic E-state index is 0.105. The zero-order valence-electron chi connectivity index (χ0n) is 14.1. The number of H-pyrrole nitrogens is 1. The molecule has 1 aromatic carbocycles. The number of aryl methyl sites for hydroxylation is 2. The van der Waals surface area contributed by atoms with Crippen molar-refractivity contribution in [2.45, 2.75) is 19.4 Å². The molecule has 3 heterocycles. The maximum Gasteiger partial charge on any atom is 0.246 e. The van der Waals surface area contributed by atoms with Gasteiger partial charge in [-0.15, -0.1) is 0 Å². The zero-order chi connectivity index (χ0) is 17.9. The third kappa shape index (κ3) is 3.46. The van der Waals surface area contributed by atoms with Crippen LogP contribution in [-0.2, 0) is 24.8 Å². The highest BCUT2D eigenvalue weighted by atomic mass is 16.5. The van der Waals surface area contributed by atoms with Crippen molar-refractivity contribution >= 4 is 16.9 Å². The number of fused-ring (bicyclic) bond motifs is 1. The summed E-state index contributed by atoms with van der Waals surface area (Å²) in [6.07, 6.45) is 4.30. The molecule has 0 spiro atoms. The SMILES string of the molecule is Cn1cc(-c2noc(CNC(=O)CCc3nc4ccccc4[nH]3)n2)cn1. The van der Waals surface area contributed by atoms with Crippen LogP contribution in [0.3, 0.4) is 0 Å². The molecule has 9 heteroatoms. The van der Waals surface area contributed by atoms with Gasteiger partial charge < -0.3 is 14.8 Å². The maximum atomic E-state index is 12.0. The standard InChI is InChI=1S/C17H17N7O2/c1-24-10-11(8-19-24)17-22-16(26-23-17)9-18-15(25)7-6-14-20-12-4-2-3-5-13(12)21-14/h2-5,8,10H,6-7,9H2,1H3,(H,18,25)(H,20,21). The Hall–Kier alpha value is -3.49. The van der Waals surface area contributed by atoms with E-state index in [0.717, 1.165) is 22.4 Å². The molecule has 3 aromatic heterocycles. The minimum Gasteiger partial charge on any atom is -0.347 e. The summed E-state index contributed by atoms with van der Waals surface area (Å²) in [7, 11) is 1.81. The molecule has 0 aliphatic carbocycles. The van der Waals surface area contributed by atoms with Crippen LogP contribution in [0.2, 0.25) is 0 Å². The van der Waals surface area contributed by atoms with Crippen LogP contribution in [0.5, 0.6) is 0 Å². The van der Waals surface area contributed by atoms with Gasteiger partial charge in [0.15, 0.2) is 0 Å². The summed E-state index contributed by atoms with van der Waals surface area (Å²) in [4.78, 5) is 23.9. The summed E-state index contributed by atoms with van der Waals surface area (Å²) < 4.78 is 6.81. The first-order valence-electron chi connectivity index (χ1n) is 8.19. The Morgan fingerprint density at radius 3 is 3.00 bits per heavy atom. The Kier molecular flexibility index (Phi) is 4.18. The molecule has 0 bridgehead atoms. The highest BCUT2D eigenvalue weighted by molar-refractivity contribution is 5.77. The van der Waals surface area contributed by atoms with Crippen LogP contribution in [0.1, 0.15) is 18.1 Å².